The van der Waals surface area contributed by atoms with E-state index in [0.717, 1.165) is 0 Å². The summed E-state index contributed by atoms with van der Waals surface area (Å²) in [6.45, 7) is 3.59. The minimum atomic E-state index is -3.30. The number of methoxy groups -OCH3 is 2. The standard InChI is InChI=1S/C11H25N3O4S/c1-12(2)19(15,16)14-7-5-13(6-8-14)11(9-17-3)10-18-4/h11H,5-10H2,1-4H3. The Hall–Kier alpha value is -0.250. The summed E-state index contributed by atoms with van der Waals surface area (Å²) in [5.74, 6) is 0. The van der Waals surface area contributed by atoms with Crippen molar-refractivity contribution in [2.75, 3.05) is 67.7 Å². The number of piperazine rings is 1. The number of hydrogen-bond acceptors (Lipinski definition) is 5. The predicted octanol–water partition coefficient (Wildman–Crippen LogP) is -0.928. The highest BCUT2D eigenvalue weighted by molar-refractivity contribution is 7.86. The van der Waals surface area contributed by atoms with E-state index >= 15 is 0 Å². The van der Waals surface area contributed by atoms with Crippen molar-refractivity contribution in [2.45, 2.75) is 6.04 Å². The Morgan fingerprint density at radius 1 is 1.05 bits per heavy atom. The van der Waals surface area contributed by atoms with Crippen LogP contribution in [0.3, 0.4) is 0 Å². The van der Waals surface area contributed by atoms with Gasteiger partial charge < -0.3 is 9.47 Å². The van der Waals surface area contributed by atoms with Crippen molar-refractivity contribution in [3.8, 4) is 0 Å². The minimum Gasteiger partial charge on any atom is -0.383 e. The SMILES string of the molecule is COCC(COC)N1CCN(S(=O)(=O)N(C)C)CC1. The summed E-state index contributed by atoms with van der Waals surface area (Å²) in [4.78, 5) is 2.22. The molecule has 114 valence electrons. The average molecular weight is 295 g/mol. The molecule has 0 aliphatic carbocycles. The summed E-state index contributed by atoms with van der Waals surface area (Å²) in [5, 5.41) is 0. The van der Waals surface area contributed by atoms with Crippen molar-refractivity contribution in [1.82, 2.24) is 13.5 Å². The molecule has 1 saturated heterocycles. The minimum absolute atomic E-state index is 0.180. The Bertz CT molecular complexity index is 347. The van der Waals surface area contributed by atoms with Gasteiger partial charge in [0.05, 0.1) is 19.3 Å². The van der Waals surface area contributed by atoms with Gasteiger partial charge in [-0.2, -0.15) is 17.0 Å². The summed E-state index contributed by atoms with van der Waals surface area (Å²) >= 11 is 0. The third-order valence-corrected chi connectivity index (χ3v) is 5.24. The monoisotopic (exact) mass is 295 g/mol. The van der Waals surface area contributed by atoms with E-state index in [1.807, 2.05) is 0 Å². The van der Waals surface area contributed by atoms with Crippen molar-refractivity contribution < 1.29 is 17.9 Å². The largest absolute Gasteiger partial charge is 0.383 e. The van der Waals surface area contributed by atoms with E-state index in [2.05, 4.69) is 4.90 Å². The van der Waals surface area contributed by atoms with Gasteiger partial charge in [0.1, 0.15) is 0 Å². The number of ether oxygens (including phenoxy) is 2. The van der Waals surface area contributed by atoms with Crippen LogP contribution >= 0.6 is 0 Å². The fraction of sp³-hybridized carbons (Fsp3) is 1.00. The smallest absolute Gasteiger partial charge is 0.281 e. The first-order chi connectivity index (χ1) is 8.93. The summed E-state index contributed by atoms with van der Waals surface area (Å²) < 4.78 is 37.1. The first kappa shape index (κ1) is 16.8. The molecule has 1 aliphatic rings. The van der Waals surface area contributed by atoms with E-state index in [-0.39, 0.29) is 6.04 Å². The lowest BCUT2D eigenvalue weighted by molar-refractivity contribution is 0.0212. The zero-order chi connectivity index (χ0) is 14.5. The highest BCUT2D eigenvalue weighted by Gasteiger charge is 2.31. The van der Waals surface area contributed by atoms with Gasteiger partial charge in [0.15, 0.2) is 0 Å². The molecule has 1 heterocycles. The predicted molar refractivity (Wildman–Crippen MR) is 73.3 cm³/mol. The summed E-state index contributed by atoms with van der Waals surface area (Å²) in [7, 11) is 3.14. The van der Waals surface area contributed by atoms with E-state index in [1.165, 1.54) is 8.61 Å². The Morgan fingerprint density at radius 2 is 1.53 bits per heavy atom. The van der Waals surface area contributed by atoms with Crippen molar-refractivity contribution >= 4 is 10.2 Å². The average Bonchev–Trinajstić information content (AvgIpc) is 2.38. The fourth-order valence-corrected chi connectivity index (χ4v) is 3.26. The van der Waals surface area contributed by atoms with Crippen LogP contribution in [-0.2, 0) is 19.7 Å². The van der Waals surface area contributed by atoms with Crippen LogP contribution in [0.2, 0.25) is 0 Å². The Balaban J connectivity index is 2.56. The third-order valence-electron chi connectivity index (χ3n) is 3.30. The molecule has 0 atom stereocenters. The van der Waals surface area contributed by atoms with Crippen LogP contribution in [0.5, 0.6) is 0 Å². The van der Waals surface area contributed by atoms with Gasteiger partial charge in [0.2, 0.25) is 0 Å². The Morgan fingerprint density at radius 3 is 1.89 bits per heavy atom. The van der Waals surface area contributed by atoms with Gasteiger partial charge in [0.25, 0.3) is 10.2 Å². The lowest BCUT2D eigenvalue weighted by Gasteiger charge is -2.38. The van der Waals surface area contributed by atoms with Gasteiger partial charge in [-0.3, -0.25) is 4.90 Å². The summed E-state index contributed by atoms with van der Waals surface area (Å²) in [6.07, 6.45) is 0. The molecule has 1 fully saturated rings. The molecule has 0 spiro atoms. The number of rotatable bonds is 7. The maximum Gasteiger partial charge on any atom is 0.281 e. The summed E-state index contributed by atoms with van der Waals surface area (Å²) in [6, 6.07) is 0.180. The molecule has 1 aliphatic heterocycles. The van der Waals surface area contributed by atoms with Crippen LogP contribution in [-0.4, -0.2) is 95.7 Å². The zero-order valence-electron chi connectivity index (χ0n) is 12.2. The van der Waals surface area contributed by atoms with Crippen molar-refractivity contribution in [1.29, 1.82) is 0 Å². The highest BCUT2D eigenvalue weighted by atomic mass is 32.2. The molecular formula is C11H25N3O4S. The van der Waals surface area contributed by atoms with Gasteiger partial charge in [-0.15, -0.1) is 0 Å². The first-order valence-electron chi connectivity index (χ1n) is 6.33. The Labute approximate surface area is 116 Å². The first-order valence-corrected chi connectivity index (χ1v) is 7.72. The van der Waals surface area contributed by atoms with Crippen molar-refractivity contribution in [3.63, 3.8) is 0 Å². The zero-order valence-corrected chi connectivity index (χ0v) is 13.0. The van der Waals surface area contributed by atoms with Gasteiger partial charge in [-0.25, -0.2) is 0 Å². The van der Waals surface area contributed by atoms with Crippen molar-refractivity contribution in [2.24, 2.45) is 0 Å². The van der Waals surface area contributed by atoms with Crippen molar-refractivity contribution in [3.05, 3.63) is 0 Å². The molecule has 0 aromatic heterocycles. The van der Waals surface area contributed by atoms with Crippen LogP contribution in [0.4, 0.5) is 0 Å². The molecule has 1 rings (SSSR count). The van der Waals surface area contributed by atoms with Crippen LogP contribution in [0.25, 0.3) is 0 Å². The topological polar surface area (TPSA) is 62.3 Å². The van der Waals surface area contributed by atoms with E-state index in [9.17, 15) is 8.42 Å². The Kier molecular flexibility index (Phi) is 6.64. The maximum absolute atomic E-state index is 12.0. The molecule has 0 aromatic rings. The quantitative estimate of drug-likeness (QED) is 0.607. The lowest BCUT2D eigenvalue weighted by Crippen LogP contribution is -2.55. The van der Waals surface area contributed by atoms with E-state index in [4.69, 9.17) is 9.47 Å². The molecule has 0 saturated carbocycles. The molecular weight excluding hydrogens is 270 g/mol. The van der Waals surface area contributed by atoms with E-state index < -0.39 is 10.2 Å². The van der Waals surface area contributed by atoms with Crippen LogP contribution in [0, 0.1) is 0 Å². The second-order valence-electron chi connectivity index (χ2n) is 4.79. The molecule has 0 unspecified atom stereocenters. The molecule has 0 N–H and O–H groups in total. The lowest BCUT2D eigenvalue weighted by atomic mass is 10.2. The normalized spacial score (nSPS) is 19.5. The third kappa shape index (κ3) is 4.37. The highest BCUT2D eigenvalue weighted by Crippen LogP contribution is 2.12. The molecule has 0 amide bonds. The molecule has 19 heavy (non-hydrogen) atoms. The van der Waals surface area contributed by atoms with Gasteiger partial charge >= 0.3 is 0 Å². The van der Waals surface area contributed by atoms with Gasteiger partial charge in [-0.05, 0) is 0 Å². The number of nitrogens with zero attached hydrogens (tertiary/aromatic N) is 3. The van der Waals surface area contributed by atoms with E-state index in [1.54, 1.807) is 28.3 Å². The van der Waals surface area contributed by atoms with Gasteiger partial charge in [0, 0.05) is 54.5 Å². The molecule has 8 heteroatoms. The second kappa shape index (κ2) is 7.51. The molecule has 7 nitrogen and oxygen atoms in total. The molecule has 0 radical (unpaired) electrons. The number of hydrogen-bond donors (Lipinski definition) is 0. The molecule has 0 aromatic carbocycles. The van der Waals surface area contributed by atoms with E-state index in [0.29, 0.717) is 39.4 Å². The second-order valence-corrected chi connectivity index (χ2v) is 6.93. The van der Waals surface area contributed by atoms with Gasteiger partial charge in [-0.1, -0.05) is 0 Å². The molecule has 0 bridgehead atoms. The fourth-order valence-electron chi connectivity index (χ4n) is 2.17. The summed E-state index contributed by atoms with van der Waals surface area (Å²) in [5.41, 5.74) is 0. The van der Waals surface area contributed by atoms with Crippen LogP contribution < -0.4 is 0 Å². The van der Waals surface area contributed by atoms with Crippen LogP contribution in [0.15, 0.2) is 0 Å². The maximum atomic E-state index is 12.0. The van der Waals surface area contributed by atoms with Crippen LogP contribution in [0.1, 0.15) is 0 Å².